The number of hydrogen-bond acceptors (Lipinski definition) is 5. The summed E-state index contributed by atoms with van der Waals surface area (Å²) < 4.78 is 13.2. The van der Waals surface area contributed by atoms with Crippen LogP contribution in [0.5, 0.6) is 5.75 Å². The Kier molecular flexibility index (Phi) is 5.35. The maximum atomic E-state index is 5.79. The van der Waals surface area contributed by atoms with E-state index in [1.54, 1.807) is 18.9 Å². The second-order valence-electron chi connectivity index (χ2n) is 5.38. The van der Waals surface area contributed by atoms with Crippen LogP contribution in [-0.2, 0) is 11.3 Å². The van der Waals surface area contributed by atoms with Gasteiger partial charge in [-0.05, 0) is 37.1 Å². The summed E-state index contributed by atoms with van der Waals surface area (Å²) in [5, 5.41) is 9.66. The SMILES string of the molecule is C=CCSc1nnc(-c2ccc(OC)cc2)n1CC1CCCO1. The molecule has 122 valence electrons. The van der Waals surface area contributed by atoms with Gasteiger partial charge in [-0.2, -0.15) is 0 Å². The van der Waals surface area contributed by atoms with Crippen molar-refractivity contribution in [1.82, 2.24) is 14.8 Å². The van der Waals surface area contributed by atoms with E-state index in [1.165, 1.54) is 0 Å². The van der Waals surface area contributed by atoms with E-state index < -0.39 is 0 Å². The lowest BCUT2D eigenvalue weighted by molar-refractivity contribution is 0.0953. The summed E-state index contributed by atoms with van der Waals surface area (Å²) in [6.45, 7) is 5.41. The highest BCUT2D eigenvalue weighted by Crippen LogP contribution is 2.27. The quantitative estimate of drug-likeness (QED) is 0.575. The first kappa shape index (κ1) is 16.1. The molecule has 6 heteroatoms. The standard InChI is InChI=1S/C17H21N3O2S/c1-3-11-23-17-19-18-16(13-6-8-14(21-2)9-7-13)20(17)12-15-5-4-10-22-15/h3,6-9,15H,1,4-5,10-12H2,2H3. The molecule has 2 aromatic rings. The molecule has 1 aromatic heterocycles. The van der Waals surface area contributed by atoms with E-state index in [1.807, 2.05) is 30.3 Å². The highest BCUT2D eigenvalue weighted by molar-refractivity contribution is 7.99. The van der Waals surface area contributed by atoms with Gasteiger partial charge in [0.1, 0.15) is 5.75 Å². The summed E-state index contributed by atoms with van der Waals surface area (Å²) in [5.74, 6) is 2.52. The van der Waals surface area contributed by atoms with E-state index in [4.69, 9.17) is 9.47 Å². The Balaban J connectivity index is 1.90. The van der Waals surface area contributed by atoms with Crippen molar-refractivity contribution >= 4 is 11.8 Å². The lowest BCUT2D eigenvalue weighted by Crippen LogP contribution is -2.16. The summed E-state index contributed by atoms with van der Waals surface area (Å²) >= 11 is 1.64. The molecule has 0 aliphatic carbocycles. The Morgan fingerprint density at radius 1 is 1.39 bits per heavy atom. The second kappa shape index (κ2) is 7.66. The number of thioether (sulfide) groups is 1. The molecule has 0 saturated carbocycles. The molecule has 2 heterocycles. The van der Waals surface area contributed by atoms with Gasteiger partial charge in [0.2, 0.25) is 0 Å². The van der Waals surface area contributed by atoms with Gasteiger partial charge in [0.15, 0.2) is 11.0 Å². The number of hydrogen-bond donors (Lipinski definition) is 0. The van der Waals surface area contributed by atoms with Crippen LogP contribution in [0.4, 0.5) is 0 Å². The Morgan fingerprint density at radius 3 is 2.87 bits per heavy atom. The largest absolute Gasteiger partial charge is 0.497 e. The van der Waals surface area contributed by atoms with E-state index in [0.29, 0.717) is 0 Å². The number of methoxy groups -OCH3 is 1. The van der Waals surface area contributed by atoms with Crippen molar-refractivity contribution in [3.8, 4) is 17.1 Å². The maximum Gasteiger partial charge on any atom is 0.191 e. The van der Waals surface area contributed by atoms with Gasteiger partial charge in [0.25, 0.3) is 0 Å². The zero-order valence-corrected chi connectivity index (χ0v) is 14.1. The monoisotopic (exact) mass is 331 g/mol. The molecule has 1 aliphatic rings. The van der Waals surface area contributed by atoms with Crippen LogP contribution < -0.4 is 4.74 Å². The molecular weight excluding hydrogens is 310 g/mol. The smallest absolute Gasteiger partial charge is 0.191 e. The van der Waals surface area contributed by atoms with Crippen molar-refractivity contribution in [2.24, 2.45) is 0 Å². The van der Waals surface area contributed by atoms with Gasteiger partial charge in [-0.25, -0.2) is 0 Å². The molecule has 5 nitrogen and oxygen atoms in total. The summed E-state index contributed by atoms with van der Waals surface area (Å²) in [5.41, 5.74) is 1.03. The fourth-order valence-electron chi connectivity index (χ4n) is 2.64. The third-order valence-electron chi connectivity index (χ3n) is 3.81. The van der Waals surface area contributed by atoms with Crippen LogP contribution in [-0.4, -0.2) is 40.3 Å². The van der Waals surface area contributed by atoms with Crippen LogP contribution in [0.1, 0.15) is 12.8 Å². The average Bonchev–Trinajstić information content (AvgIpc) is 3.24. The van der Waals surface area contributed by atoms with Crippen molar-refractivity contribution in [3.05, 3.63) is 36.9 Å². The fraction of sp³-hybridized carbons (Fsp3) is 0.412. The molecule has 1 aliphatic heterocycles. The summed E-state index contributed by atoms with van der Waals surface area (Å²) in [6.07, 6.45) is 4.33. The summed E-state index contributed by atoms with van der Waals surface area (Å²) in [4.78, 5) is 0. The molecule has 3 rings (SSSR count). The number of nitrogens with zero attached hydrogens (tertiary/aromatic N) is 3. The Hall–Kier alpha value is -1.79. The minimum Gasteiger partial charge on any atom is -0.497 e. The van der Waals surface area contributed by atoms with Crippen molar-refractivity contribution in [3.63, 3.8) is 0 Å². The van der Waals surface area contributed by atoms with Crippen LogP contribution in [0.2, 0.25) is 0 Å². The first-order valence-electron chi connectivity index (χ1n) is 7.74. The molecule has 1 saturated heterocycles. The number of ether oxygens (including phenoxy) is 2. The van der Waals surface area contributed by atoms with Crippen molar-refractivity contribution < 1.29 is 9.47 Å². The first-order valence-corrected chi connectivity index (χ1v) is 8.73. The van der Waals surface area contributed by atoms with Gasteiger partial charge in [-0.3, -0.25) is 4.57 Å². The second-order valence-corrected chi connectivity index (χ2v) is 6.37. The fourth-order valence-corrected chi connectivity index (χ4v) is 3.32. The van der Waals surface area contributed by atoms with Crippen molar-refractivity contribution in [2.75, 3.05) is 19.5 Å². The van der Waals surface area contributed by atoms with E-state index in [2.05, 4.69) is 21.3 Å². The van der Waals surface area contributed by atoms with Gasteiger partial charge in [-0.15, -0.1) is 16.8 Å². The number of benzene rings is 1. The zero-order chi connectivity index (χ0) is 16.1. The maximum absolute atomic E-state index is 5.79. The third kappa shape index (κ3) is 3.76. The molecular formula is C17H21N3O2S. The van der Waals surface area contributed by atoms with Gasteiger partial charge in [0, 0.05) is 17.9 Å². The topological polar surface area (TPSA) is 49.2 Å². The lowest BCUT2D eigenvalue weighted by atomic mass is 10.2. The van der Waals surface area contributed by atoms with Crippen LogP contribution in [0, 0.1) is 0 Å². The minimum atomic E-state index is 0.242. The normalized spacial score (nSPS) is 17.3. The van der Waals surface area contributed by atoms with Crippen molar-refractivity contribution in [1.29, 1.82) is 0 Å². The predicted molar refractivity (Wildman–Crippen MR) is 91.9 cm³/mol. The average molecular weight is 331 g/mol. The molecule has 0 spiro atoms. The third-order valence-corrected chi connectivity index (χ3v) is 4.77. The van der Waals surface area contributed by atoms with Gasteiger partial charge in [-0.1, -0.05) is 17.8 Å². The molecule has 23 heavy (non-hydrogen) atoms. The van der Waals surface area contributed by atoms with Crippen LogP contribution in [0.25, 0.3) is 11.4 Å². The number of rotatable bonds is 7. The zero-order valence-electron chi connectivity index (χ0n) is 13.3. The number of aromatic nitrogens is 3. The van der Waals surface area contributed by atoms with Gasteiger partial charge < -0.3 is 9.47 Å². The Morgan fingerprint density at radius 2 is 2.22 bits per heavy atom. The van der Waals surface area contributed by atoms with E-state index in [9.17, 15) is 0 Å². The summed E-state index contributed by atoms with van der Waals surface area (Å²) in [7, 11) is 1.67. The molecule has 0 bridgehead atoms. The highest BCUT2D eigenvalue weighted by Gasteiger charge is 2.21. The Labute approximate surface area is 140 Å². The molecule has 0 amide bonds. The molecule has 1 unspecified atom stereocenters. The van der Waals surface area contributed by atoms with Crippen LogP contribution in [0.15, 0.2) is 42.1 Å². The van der Waals surface area contributed by atoms with E-state index in [-0.39, 0.29) is 6.10 Å². The molecule has 1 atom stereocenters. The predicted octanol–water partition coefficient (Wildman–Crippen LogP) is 3.41. The lowest BCUT2D eigenvalue weighted by Gasteiger charge is -2.14. The van der Waals surface area contributed by atoms with Gasteiger partial charge in [0.05, 0.1) is 19.8 Å². The summed E-state index contributed by atoms with van der Waals surface area (Å²) in [6, 6.07) is 7.90. The Bertz CT molecular complexity index is 648. The van der Waals surface area contributed by atoms with E-state index in [0.717, 1.165) is 54.0 Å². The van der Waals surface area contributed by atoms with Gasteiger partial charge >= 0.3 is 0 Å². The highest BCUT2D eigenvalue weighted by atomic mass is 32.2. The minimum absolute atomic E-state index is 0.242. The van der Waals surface area contributed by atoms with E-state index >= 15 is 0 Å². The van der Waals surface area contributed by atoms with Crippen molar-refractivity contribution in [2.45, 2.75) is 30.6 Å². The van der Waals surface area contributed by atoms with Crippen LogP contribution >= 0.6 is 11.8 Å². The molecule has 0 N–H and O–H groups in total. The molecule has 0 radical (unpaired) electrons. The first-order chi connectivity index (χ1) is 11.3. The molecule has 1 aromatic carbocycles. The van der Waals surface area contributed by atoms with Crippen LogP contribution in [0.3, 0.4) is 0 Å². The molecule has 1 fully saturated rings.